The number of carbonyl (C=O) groups excluding carboxylic acids is 2. The molecule has 0 fully saturated rings. The van der Waals surface area contributed by atoms with Crippen molar-refractivity contribution in [1.29, 1.82) is 0 Å². The van der Waals surface area contributed by atoms with Gasteiger partial charge in [0.05, 0.1) is 4.92 Å². The smallest absolute Gasteiger partial charge is 0.373 e. The fourth-order valence-electron chi connectivity index (χ4n) is 1.84. The molecule has 6 heteroatoms. The average molecular weight is 267 g/mol. The number of nitrogens with zero attached hydrogens (tertiary/aromatic N) is 1. The normalized spacial score (nSPS) is 10.8. The zero-order chi connectivity index (χ0) is 14.8. The van der Waals surface area contributed by atoms with Gasteiger partial charge in [-0.05, 0) is 24.0 Å². The van der Waals surface area contributed by atoms with Gasteiger partial charge in [-0.15, -0.1) is 0 Å². The van der Waals surface area contributed by atoms with E-state index in [4.69, 9.17) is 9.59 Å². The van der Waals surface area contributed by atoms with E-state index in [1.807, 2.05) is 0 Å². The monoisotopic (exact) mass is 267 g/mol. The summed E-state index contributed by atoms with van der Waals surface area (Å²) in [5.41, 5.74) is 0.701. The van der Waals surface area contributed by atoms with Gasteiger partial charge in [-0.1, -0.05) is 32.8 Å². The molecule has 0 heterocycles. The summed E-state index contributed by atoms with van der Waals surface area (Å²) in [6.45, 7) is 4.25. The van der Waals surface area contributed by atoms with E-state index >= 15 is 0 Å². The van der Waals surface area contributed by atoms with Crippen molar-refractivity contribution in [2.45, 2.75) is 33.1 Å². The number of hydrogen-bond donors (Lipinski definition) is 1. The molecule has 1 atom stereocenters. The number of nitro benzene ring substituents is 1. The molecule has 0 spiro atoms. The Morgan fingerprint density at radius 1 is 1.42 bits per heavy atom. The van der Waals surface area contributed by atoms with Crippen molar-refractivity contribution in [3.63, 3.8) is 0 Å². The minimum Gasteiger partial charge on any atom is -0.502 e. The summed E-state index contributed by atoms with van der Waals surface area (Å²) in [6, 6.07) is 4.60. The van der Waals surface area contributed by atoms with Crippen LogP contribution in [0.25, 0.3) is 0 Å². The zero-order valence-electron chi connectivity index (χ0n) is 11.0. The van der Waals surface area contributed by atoms with E-state index in [9.17, 15) is 15.2 Å². The number of phenols is 1. The summed E-state index contributed by atoms with van der Waals surface area (Å²) in [4.78, 5) is 26.3. The maximum absolute atomic E-state index is 10.6. The van der Waals surface area contributed by atoms with Crippen molar-refractivity contribution >= 4 is 11.8 Å². The molecule has 0 saturated carbocycles. The highest BCUT2D eigenvalue weighted by Crippen LogP contribution is 2.27. The molecule has 0 radical (unpaired) electrons. The number of hydrogen-bond acceptors (Lipinski definition) is 5. The molecular formula is C13H17NO5. The van der Waals surface area contributed by atoms with Crippen LogP contribution in [0, 0.1) is 16.0 Å². The molecule has 19 heavy (non-hydrogen) atoms. The lowest BCUT2D eigenvalue weighted by atomic mass is 9.96. The largest absolute Gasteiger partial charge is 0.502 e. The second kappa shape index (κ2) is 8.83. The van der Waals surface area contributed by atoms with Gasteiger partial charge in [0.1, 0.15) is 0 Å². The molecule has 0 amide bonds. The van der Waals surface area contributed by atoms with Crippen molar-refractivity contribution in [3.05, 3.63) is 33.9 Å². The van der Waals surface area contributed by atoms with Crippen molar-refractivity contribution < 1.29 is 19.6 Å². The summed E-state index contributed by atoms with van der Waals surface area (Å²) in [7, 11) is 0. The maximum atomic E-state index is 10.6. The van der Waals surface area contributed by atoms with Crippen LogP contribution in [0.2, 0.25) is 0 Å². The van der Waals surface area contributed by atoms with Gasteiger partial charge in [0.2, 0.25) is 0 Å². The molecule has 0 aliphatic carbocycles. The molecule has 1 N–H and O–H groups in total. The summed E-state index contributed by atoms with van der Waals surface area (Å²) in [5.74, 6) is 0.242. The zero-order valence-corrected chi connectivity index (χ0v) is 11.0. The standard InChI is InChI=1S/C12H17NO3.CO2/c1-3-4-9(2)7-10-5-6-12(14)11(8-10)13(15)16;2-1-3/h5-6,8-9,14H,3-4,7H2,1-2H3;/t9-;/m1./s1. The third-order valence-corrected chi connectivity index (χ3v) is 2.60. The van der Waals surface area contributed by atoms with Gasteiger partial charge in [0.15, 0.2) is 5.75 Å². The first-order chi connectivity index (χ1) is 8.96. The summed E-state index contributed by atoms with van der Waals surface area (Å²) >= 11 is 0. The minimum atomic E-state index is -0.552. The Labute approximate surface area is 111 Å². The molecule has 0 saturated heterocycles. The Morgan fingerprint density at radius 2 is 2.00 bits per heavy atom. The number of rotatable bonds is 5. The quantitative estimate of drug-likeness (QED) is 0.653. The van der Waals surface area contributed by atoms with Gasteiger partial charge in [-0.2, -0.15) is 9.59 Å². The van der Waals surface area contributed by atoms with Crippen LogP contribution < -0.4 is 0 Å². The van der Waals surface area contributed by atoms with Crippen LogP contribution in [0.4, 0.5) is 5.69 Å². The third-order valence-electron chi connectivity index (χ3n) is 2.60. The fourth-order valence-corrected chi connectivity index (χ4v) is 1.84. The van der Waals surface area contributed by atoms with E-state index in [1.165, 1.54) is 12.1 Å². The molecule has 0 aromatic heterocycles. The van der Waals surface area contributed by atoms with Crippen LogP contribution >= 0.6 is 0 Å². The van der Waals surface area contributed by atoms with Crippen LogP contribution in [0.5, 0.6) is 5.75 Å². The molecule has 0 aliphatic heterocycles. The van der Waals surface area contributed by atoms with Crippen LogP contribution in [0.15, 0.2) is 18.2 Å². The lowest BCUT2D eigenvalue weighted by molar-refractivity contribution is -0.385. The highest BCUT2D eigenvalue weighted by Gasteiger charge is 2.14. The van der Waals surface area contributed by atoms with E-state index in [0.29, 0.717) is 5.92 Å². The number of nitro groups is 1. The Balaban J connectivity index is 0.000000982. The average Bonchev–Trinajstić information content (AvgIpc) is 2.32. The van der Waals surface area contributed by atoms with E-state index in [-0.39, 0.29) is 17.6 Å². The van der Waals surface area contributed by atoms with Gasteiger partial charge < -0.3 is 5.11 Å². The van der Waals surface area contributed by atoms with Gasteiger partial charge in [-0.25, -0.2) is 0 Å². The molecule has 0 unspecified atom stereocenters. The molecule has 1 aromatic carbocycles. The molecule has 6 nitrogen and oxygen atoms in total. The van der Waals surface area contributed by atoms with E-state index in [2.05, 4.69) is 13.8 Å². The predicted octanol–water partition coefficient (Wildman–Crippen LogP) is 2.70. The van der Waals surface area contributed by atoms with Crippen molar-refractivity contribution in [2.75, 3.05) is 0 Å². The number of phenolic OH excluding ortho intramolecular Hbond substituents is 1. The Bertz CT molecular complexity index is 452. The van der Waals surface area contributed by atoms with Crippen molar-refractivity contribution in [2.24, 2.45) is 5.92 Å². The second-order valence-corrected chi connectivity index (χ2v) is 4.26. The van der Waals surface area contributed by atoms with Gasteiger partial charge >= 0.3 is 11.8 Å². The molecular weight excluding hydrogens is 250 g/mol. The van der Waals surface area contributed by atoms with Gasteiger partial charge in [0.25, 0.3) is 0 Å². The first kappa shape index (κ1) is 16.8. The summed E-state index contributed by atoms with van der Waals surface area (Å²) < 4.78 is 0. The summed E-state index contributed by atoms with van der Waals surface area (Å²) in [6.07, 6.45) is 3.28. The van der Waals surface area contributed by atoms with Crippen LogP contribution in [-0.4, -0.2) is 16.2 Å². The lowest BCUT2D eigenvalue weighted by Crippen LogP contribution is -2.00. The van der Waals surface area contributed by atoms with Crippen molar-refractivity contribution in [1.82, 2.24) is 0 Å². The van der Waals surface area contributed by atoms with Gasteiger partial charge in [-0.3, -0.25) is 10.1 Å². The highest BCUT2D eigenvalue weighted by molar-refractivity contribution is 5.47. The number of aromatic hydroxyl groups is 1. The number of benzene rings is 1. The Hall–Kier alpha value is -2.20. The Kier molecular flexibility index (Phi) is 7.81. The molecule has 1 rings (SSSR count). The van der Waals surface area contributed by atoms with Gasteiger partial charge in [0, 0.05) is 6.07 Å². The van der Waals surface area contributed by atoms with E-state index in [1.54, 1.807) is 6.07 Å². The minimum absolute atomic E-state index is 0.207. The Morgan fingerprint density at radius 3 is 2.47 bits per heavy atom. The first-order valence-corrected chi connectivity index (χ1v) is 5.91. The highest BCUT2D eigenvalue weighted by atomic mass is 16.6. The van der Waals surface area contributed by atoms with Crippen molar-refractivity contribution in [3.8, 4) is 5.75 Å². The van der Waals surface area contributed by atoms with Crippen LogP contribution in [0.1, 0.15) is 32.3 Å². The maximum Gasteiger partial charge on any atom is 0.373 e. The topological polar surface area (TPSA) is 97.5 Å². The molecule has 0 bridgehead atoms. The molecule has 0 aliphatic rings. The van der Waals surface area contributed by atoms with Crippen LogP contribution in [0.3, 0.4) is 0 Å². The third kappa shape index (κ3) is 6.33. The van der Waals surface area contributed by atoms with Crippen LogP contribution in [-0.2, 0) is 16.0 Å². The fraction of sp³-hybridized carbons (Fsp3) is 0.462. The van der Waals surface area contributed by atoms with E-state index < -0.39 is 4.92 Å². The summed E-state index contributed by atoms with van der Waals surface area (Å²) in [5, 5.41) is 19.9. The lowest BCUT2D eigenvalue weighted by Gasteiger charge is -2.09. The second-order valence-electron chi connectivity index (χ2n) is 4.26. The first-order valence-electron chi connectivity index (χ1n) is 5.91. The van der Waals surface area contributed by atoms with E-state index in [0.717, 1.165) is 24.8 Å². The predicted molar refractivity (Wildman–Crippen MR) is 67.5 cm³/mol. The molecule has 104 valence electrons. The SMILES string of the molecule is CCC[C@@H](C)Cc1ccc(O)c([N+](=O)[O-])c1.O=C=O. The molecule has 1 aromatic rings.